The highest BCUT2D eigenvalue weighted by atomic mass is 35.5. The van der Waals surface area contributed by atoms with Crippen molar-refractivity contribution < 1.29 is 33.3 Å². The van der Waals surface area contributed by atoms with Crippen LogP contribution in [0.1, 0.15) is 22.9 Å². The summed E-state index contributed by atoms with van der Waals surface area (Å²) in [6.07, 6.45) is 1.47. The SMILES string of the molecule is COc1ccc(C2/C(=C(\O)c3cc(Cl)c(OC)c(Cl)c3OC)C(=O)C(=O)N2Cc2ccco2)cc1. The fourth-order valence-electron chi connectivity index (χ4n) is 4.04. The summed E-state index contributed by atoms with van der Waals surface area (Å²) in [6.45, 7) is 0.00626. The number of hydrogen-bond acceptors (Lipinski definition) is 7. The summed E-state index contributed by atoms with van der Waals surface area (Å²) < 4.78 is 21.2. The van der Waals surface area contributed by atoms with E-state index < -0.39 is 23.5 Å². The topological polar surface area (TPSA) is 98.4 Å². The maximum absolute atomic E-state index is 13.3. The second-order valence-electron chi connectivity index (χ2n) is 7.57. The molecule has 0 aliphatic carbocycles. The van der Waals surface area contributed by atoms with Crippen LogP contribution >= 0.6 is 23.2 Å². The van der Waals surface area contributed by atoms with Gasteiger partial charge in [-0.25, -0.2) is 0 Å². The Labute approximate surface area is 211 Å². The molecule has 182 valence electrons. The molecule has 1 fully saturated rings. The molecule has 0 bridgehead atoms. The lowest BCUT2D eigenvalue weighted by Gasteiger charge is -2.25. The normalized spacial score (nSPS) is 17.1. The first-order chi connectivity index (χ1) is 16.8. The molecule has 8 nitrogen and oxygen atoms in total. The monoisotopic (exact) mass is 517 g/mol. The van der Waals surface area contributed by atoms with E-state index in [4.69, 9.17) is 41.8 Å². The van der Waals surface area contributed by atoms with Gasteiger partial charge in [-0.1, -0.05) is 35.3 Å². The average Bonchev–Trinajstić information content (AvgIpc) is 3.46. The molecule has 35 heavy (non-hydrogen) atoms. The minimum atomic E-state index is -0.935. The largest absolute Gasteiger partial charge is 0.507 e. The van der Waals surface area contributed by atoms with E-state index in [9.17, 15) is 14.7 Å². The zero-order chi connectivity index (χ0) is 25.3. The summed E-state index contributed by atoms with van der Waals surface area (Å²) in [4.78, 5) is 27.7. The van der Waals surface area contributed by atoms with Gasteiger partial charge in [0.25, 0.3) is 11.7 Å². The van der Waals surface area contributed by atoms with Crippen LogP contribution in [0, 0.1) is 0 Å². The van der Waals surface area contributed by atoms with E-state index in [0.717, 1.165) is 0 Å². The van der Waals surface area contributed by atoms with Crippen molar-refractivity contribution in [1.82, 2.24) is 4.90 Å². The number of amides is 1. The maximum atomic E-state index is 13.3. The number of carbonyl (C=O) groups excluding carboxylic acids is 2. The molecule has 10 heteroatoms. The summed E-state index contributed by atoms with van der Waals surface area (Å²) in [6, 6.07) is 10.6. The van der Waals surface area contributed by atoms with Gasteiger partial charge in [-0.2, -0.15) is 0 Å². The molecule has 1 amide bonds. The maximum Gasteiger partial charge on any atom is 0.296 e. The third-order valence-corrected chi connectivity index (χ3v) is 6.30. The van der Waals surface area contributed by atoms with Gasteiger partial charge in [-0.05, 0) is 35.9 Å². The van der Waals surface area contributed by atoms with Crippen molar-refractivity contribution in [3.8, 4) is 17.2 Å². The Morgan fingerprint density at radius 1 is 1.03 bits per heavy atom. The van der Waals surface area contributed by atoms with Crippen molar-refractivity contribution >= 4 is 40.7 Å². The molecular formula is C25H21Cl2NO7. The Balaban J connectivity index is 1.94. The summed E-state index contributed by atoms with van der Waals surface area (Å²) in [5.74, 6) is -0.920. The van der Waals surface area contributed by atoms with Crippen molar-refractivity contribution in [3.63, 3.8) is 0 Å². The predicted octanol–water partition coefficient (Wildman–Crippen LogP) is 5.23. The second-order valence-corrected chi connectivity index (χ2v) is 8.35. The van der Waals surface area contributed by atoms with Crippen LogP contribution in [0.4, 0.5) is 0 Å². The number of halogens is 2. The van der Waals surface area contributed by atoms with Crippen LogP contribution in [0.2, 0.25) is 10.0 Å². The smallest absolute Gasteiger partial charge is 0.296 e. The van der Waals surface area contributed by atoms with Crippen LogP contribution < -0.4 is 14.2 Å². The summed E-state index contributed by atoms with van der Waals surface area (Å²) in [5, 5.41) is 11.5. The van der Waals surface area contributed by atoms with Crippen LogP contribution in [0.3, 0.4) is 0 Å². The van der Waals surface area contributed by atoms with E-state index in [0.29, 0.717) is 17.1 Å². The summed E-state index contributed by atoms with van der Waals surface area (Å²) in [7, 11) is 4.26. The quantitative estimate of drug-likeness (QED) is 0.260. The Morgan fingerprint density at radius 3 is 2.29 bits per heavy atom. The van der Waals surface area contributed by atoms with Crippen LogP contribution in [0.5, 0.6) is 17.2 Å². The number of benzene rings is 2. The zero-order valence-corrected chi connectivity index (χ0v) is 20.5. The van der Waals surface area contributed by atoms with Gasteiger partial charge in [-0.15, -0.1) is 0 Å². The van der Waals surface area contributed by atoms with Crippen molar-refractivity contribution in [2.45, 2.75) is 12.6 Å². The van der Waals surface area contributed by atoms with Gasteiger partial charge in [0.15, 0.2) is 11.5 Å². The Morgan fingerprint density at radius 2 is 1.71 bits per heavy atom. The number of aliphatic hydroxyl groups excluding tert-OH is 1. The molecule has 0 saturated carbocycles. The standard InChI is InChI=1S/C25H21Cl2NO7/c1-32-14-8-6-13(7-9-14)20-18(22(30)25(31)28(20)12-15-5-4-10-35-15)21(29)16-11-17(26)24(34-3)19(27)23(16)33-2/h4-11,20,29H,12H2,1-3H3/b21-18+. The van der Waals surface area contributed by atoms with Crippen molar-refractivity contribution in [2.24, 2.45) is 0 Å². The van der Waals surface area contributed by atoms with E-state index in [1.165, 1.54) is 38.6 Å². The fourth-order valence-corrected chi connectivity index (χ4v) is 4.72. The molecule has 0 radical (unpaired) electrons. The summed E-state index contributed by atoms with van der Waals surface area (Å²) in [5.41, 5.74) is 0.461. The van der Waals surface area contributed by atoms with Gasteiger partial charge in [0, 0.05) is 0 Å². The van der Waals surface area contributed by atoms with Gasteiger partial charge in [0.2, 0.25) is 0 Å². The van der Waals surface area contributed by atoms with Crippen LogP contribution in [-0.4, -0.2) is 43.0 Å². The second kappa shape index (κ2) is 9.93. The number of Topliss-reactive ketones (excluding diaryl/α,β-unsaturated/α-hetero) is 1. The number of likely N-dealkylation sites (tertiary alicyclic amines) is 1. The molecule has 3 aromatic rings. The fraction of sp³-hybridized carbons (Fsp3) is 0.200. The Hall–Kier alpha value is -3.62. The predicted molar refractivity (Wildman–Crippen MR) is 129 cm³/mol. The molecule has 1 aliphatic heterocycles. The van der Waals surface area contributed by atoms with E-state index in [1.54, 1.807) is 36.4 Å². The molecule has 1 aliphatic rings. The number of aliphatic hydroxyl groups is 1. The van der Waals surface area contributed by atoms with Crippen molar-refractivity contribution in [3.05, 3.63) is 81.2 Å². The number of hydrogen-bond donors (Lipinski definition) is 1. The Kier molecular flexibility index (Phi) is 6.95. The zero-order valence-electron chi connectivity index (χ0n) is 19.0. The third-order valence-electron chi connectivity index (χ3n) is 5.67. The number of methoxy groups -OCH3 is 3. The highest BCUT2D eigenvalue weighted by Crippen LogP contribution is 2.47. The van der Waals surface area contributed by atoms with Crippen LogP contribution in [0.15, 0.2) is 58.7 Å². The lowest BCUT2D eigenvalue weighted by atomic mass is 9.94. The molecule has 1 saturated heterocycles. The van der Waals surface area contributed by atoms with E-state index in [-0.39, 0.29) is 39.2 Å². The molecule has 2 heterocycles. The highest BCUT2D eigenvalue weighted by Gasteiger charge is 2.46. The number of rotatable bonds is 7. The van der Waals surface area contributed by atoms with E-state index in [2.05, 4.69) is 0 Å². The first kappa shape index (κ1) is 24.5. The van der Waals surface area contributed by atoms with Crippen molar-refractivity contribution in [1.29, 1.82) is 0 Å². The first-order valence-electron chi connectivity index (χ1n) is 10.4. The first-order valence-corrected chi connectivity index (χ1v) is 11.1. The van der Waals surface area contributed by atoms with Gasteiger partial charge in [-0.3, -0.25) is 9.59 Å². The Bertz CT molecular complexity index is 1300. The van der Waals surface area contributed by atoms with E-state index in [1.807, 2.05) is 0 Å². The van der Waals surface area contributed by atoms with Crippen molar-refractivity contribution in [2.75, 3.05) is 21.3 Å². The number of carbonyl (C=O) groups is 2. The molecule has 4 rings (SSSR count). The molecule has 1 unspecified atom stereocenters. The minimum absolute atomic E-state index is 0.00626. The molecular weight excluding hydrogens is 497 g/mol. The number of ether oxygens (including phenoxy) is 3. The van der Waals surface area contributed by atoms with Gasteiger partial charge < -0.3 is 28.6 Å². The molecule has 1 N–H and O–H groups in total. The molecule has 0 spiro atoms. The minimum Gasteiger partial charge on any atom is -0.507 e. The third kappa shape index (κ3) is 4.31. The molecule has 1 atom stereocenters. The lowest BCUT2D eigenvalue weighted by molar-refractivity contribution is -0.140. The molecule has 1 aromatic heterocycles. The molecule has 2 aromatic carbocycles. The lowest BCUT2D eigenvalue weighted by Crippen LogP contribution is -2.29. The van der Waals surface area contributed by atoms with Gasteiger partial charge >= 0.3 is 0 Å². The van der Waals surface area contributed by atoms with Gasteiger partial charge in [0.05, 0.1) is 56.3 Å². The highest BCUT2D eigenvalue weighted by molar-refractivity contribution is 6.47. The number of ketones is 1. The van der Waals surface area contributed by atoms with E-state index >= 15 is 0 Å². The summed E-state index contributed by atoms with van der Waals surface area (Å²) >= 11 is 12.7. The van der Waals surface area contributed by atoms with Gasteiger partial charge in [0.1, 0.15) is 22.3 Å². The van der Waals surface area contributed by atoms with Crippen LogP contribution in [-0.2, 0) is 16.1 Å². The average molecular weight is 518 g/mol. The van der Waals surface area contributed by atoms with Crippen LogP contribution in [0.25, 0.3) is 5.76 Å². The number of nitrogens with zero attached hydrogens (tertiary/aromatic N) is 1. The number of furan rings is 1.